The molecule has 0 aliphatic rings. The lowest BCUT2D eigenvalue weighted by molar-refractivity contribution is 0.254. The maximum atomic E-state index is 11.6. The first-order valence-electron chi connectivity index (χ1n) is 4.45. The molecule has 0 aliphatic carbocycles. The molecular formula is C8H10N6O2. The average Bonchev–Trinajstić information content (AvgIpc) is 2.71. The number of aromatic amines is 1. The highest BCUT2D eigenvalue weighted by Gasteiger charge is 2.16. The zero-order valence-corrected chi connectivity index (χ0v) is 8.76. The number of rotatable bonds is 1. The van der Waals surface area contributed by atoms with Crippen LogP contribution in [0.25, 0.3) is 11.2 Å². The van der Waals surface area contributed by atoms with Crippen molar-refractivity contribution in [3.63, 3.8) is 0 Å². The van der Waals surface area contributed by atoms with E-state index in [9.17, 15) is 9.59 Å². The number of hydrogen-bond donors (Lipinski definition) is 2. The second kappa shape index (κ2) is 3.33. The van der Waals surface area contributed by atoms with Gasteiger partial charge in [0.2, 0.25) is 5.95 Å². The number of carbonyl (C=O) groups excluding carboxylic acids is 1. The third-order valence-electron chi connectivity index (χ3n) is 2.28. The number of nitrogens with one attached hydrogen (secondary N) is 1. The third kappa shape index (κ3) is 1.31. The Kier molecular flexibility index (Phi) is 2.11. The molecule has 84 valence electrons. The highest BCUT2D eigenvalue weighted by molar-refractivity contribution is 5.89. The Labute approximate surface area is 89.7 Å². The van der Waals surface area contributed by atoms with Crippen LogP contribution in [0.5, 0.6) is 0 Å². The number of carbonyl (C=O) groups is 1. The summed E-state index contributed by atoms with van der Waals surface area (Å²) in [5, 5.41) is 0. The van der Waals surface area contributed by atoms with Crippen LogP contribution in [0.1, 0.15) is 0 Å². The number of nitrogens with zero attached hydrogens (tertiary/aromatic N) is 4. The summed E-state index contributed by atoms with van der Waals surface area (Å²) in [6, 6.07) is -0.697. The SMILES string of the molecule is CN(C(N)=O)c1nc(=O)c2[nH]cnc2n1C. The van der Waals surface area contributed by atoms with Crippen LogP contribution < -0.4 is 16.2 Å². The number of imidazole rings is 1. The van der Waals surface area contributed by atoms with Gasteiger partial charge in [0, 0.05) is 14.1 Å². The van der Waals surface area contributed by atoms with E-state index in [2.05, 4.69) is 15.0 Å². The first kappa shape index (κ1) is 10.1. The predicted molar refractivity (Wildman–Crippen MR) is 57.1 cm³/mol. The van der Waals surface area contributed by atoms with Crippen LogP contribution in [-0.2, 0) is 7.05 Å². The van der Waals surface area contributed by atoms with Gasteiger partial charge in [-0.05, 0) is 0 Å². The fourth-order valence-electron chi connectivity index (χ4n) is 1.41. The summed E-state index contributed by atoms with van der Waals surface area (Å²) in [5.41, 5.74) is 5.35. The van der Waals surface area contributed by atoms with Crippen LogP contribution in [-0.4, -0.2) is 32.6 Å². The van der Waals surface area contributed by atoms with Crippen LogP contribution in [0.2, 0.25) is 0 Å². The Hall–Kier alpha value is -2.38. The van der Waals surface area contributed by atoms with Crippen LogP contribution in [0.15, 0.2) is 11.1 Å². The van der Waals surface area contributed by atoms with E-state index in [-0.39, 0.29) is 5.95 Å². The van der Waals surface area contributed by atoms with Crippen molar-refractivity contribution in [2.24, 2.45) is 12.8 Å². The molecule has 0 aliphatic heterocycles. The number of amides is 2. The number of H-pyrrole nitrogens is 1. The standard InChI is InChI=1S/C8H10N6O2/c1-13-5-4(10-3-11-5)6(15)12-8(13)14(2)7(9)16/h3H,1-2H3,(H2,9,16)(H,10,11). The van der Waals surface area contributed by atoms with Gasteiger partial charge in [0.25, 0.3) is 0 Å². The lowest BCUT2D eigenvalue weighted by Crippen LogP contribution is -2.36. The lowest BCUT2D eigenvalue weighted by atomic mass is 10.5. The molecule has 2 rings (SSSR count). The summed E-state index contributed by atoms with van der Waals surface area (Å²) in [7, 11) is 3.08. The van der Waals surface area contributed by atoms with E-state index in [1.165, 1.54) is 17.9 Å². The second-order valence-corrected chi connectivity index (χ2v) is 3.27. The molecule has 0 unspecified atom stereocenters. The Balaban J connectivity index is 2.76. The molecule has 2 aromatic heterocycles. The topological polar surface area (TPSA) is 110 Å². The quantitative estimate of drug-likeness (QED) is 0.656. The monoisotopic (exact) mass is 222 g/mol. The molecule has 0 radical (unpaired) electrons. The van der Waals surface area contributed by atoms with E-state index in [4.69, 9.17) is 5.73 Å². The van der Waals surface area contributed by atoms with Gasteiger partial charge in [-0.2, -0.15) is 4.98 Å². The van der Waals surface area contributed by atoms with Gasteiger partial charge < -0.3 is 10.7 Å². The van der Waals surface area contributed by atoms with Gasteiger partial charge in [-0.3, -0.25) is 14.3 Å². The highest BCUT2D eigenvalue weighted by atomic mass is 16.2. The molecule has 0 atom stereocenters. The van der Waals surface area contributed by atoms with E-state index in [0.717, 1.165) is 4.90 Å². The van der Waals surface area contributed by atoms with Crippen molar-refractivity contribution in [1.82, 2.24) is 19.5 Å². The van der Waals surface area contributed by atoms with Gasteiger partial charge in [0.1, 0.15) is 0 Å². The van der Waals surface area contributed by atoms with Gasteiger partial charge >= 0.3 is 11.6 Å². The number of urea groups is 1. The van der Waals surface area contributed by atoms with Gasteiger partial charge in [0.15, 0.2) is 11.2 Å². The minimum Gasteiger partial charge on any atom is -0.351 e. The third-order valence-corrected chi connectivity index (χ3v) is 2.28. The number of anilines is 1. The van der Waals surface area contributed by atoms with Crippen molar-refractivity contribution in [1.29, 1.82) is 0 Å². The summed E-state index contributed by atoms with van der Waals surface area (Å²) in [6.45, 7) is 0. The highest BCUT2D eigenvalue weighted by Crippen LogP contribution is 2.11. The number of hydrogen-bond acceptors (Lipinski definition) is 4. The molecule has 0 bridgehead atoms. The van der Waals surface area contributed by atoms with Crippen molar-refractivity contribution in [2.75, 3.05) is 11.9 Å². The Morgan fingerprint density at radius 1 is 1.62 bits per heavy atom. The number of fused-ring (bicyclic) bond motifs is 1. The molecule has 0 fully saturated rings. The predicted octanol–water partition coefficient (Wildman–Crippen LogP) is -0.829. The maximum Gasteiger partial charge on any atom is 0.321 e. The zero-order chi connectivity index (χ0) is 11.9. The van der Waals surface area contributed by atoms with Crippen LogP contribution in [0.4, 0.5) is 10.7 Å². The Morgan fingerprint density at radius 3 is 2.94 bits per heavy atom. The van der Waals surface area contributed by atoms with Crippen molar-refractivity contribution in [3.05, 3.63) is 16.7 Å². The lowest BCUT2D eigenvalue weighted by Gasteiger charge is -2.16. The normalized spacial score (nSPS) is 10.6. The molecule has 2 amide bonds. The first-order valence-corrected chi connectivity index (χ1v) is 4.45. The molecule has 2 aromatic rings. The average molecular weight is 222 g/mol. The van der Waals surface area contributed by atoms with E-state index in [1.54, 1.807) is 7.05 Å². The van der Waals surface area contributed by atoms with Crippen molar-refractivity contribution in [3.8, 4) is 0 Å². The number of aryl methyl sites for hydroxylation is 1. The molecule has 8 heteroatoms. The molecule has 0 saturated heterocycles. The maximum absolute atomic E-state index is 11.6. The Bertz CT molecular complexity index is 613. The molecule has 0 spiro atoms. The van der Waals surface area contributed by atoms with E-state index in [1.807, 2.05) is 0 Å². The largest absolute Gasteiger partial charge is 0.351 e. The smallest absolute Gasteiger partial charge is 0.321 e. The molecule has 8 nitrogen and oxygen atoms in total. The number of primary amides is 1. The van der Waals surface area contributed by atoms with E-state index in [0.29, 0.717) is 11.2 Å². The van der Waals surface area contributed by atoms with Gasteiger partial charge in [-0.25, -0.2) is 9.78 Å². The van der Waals surface area contributed by atoms with Gasteiger partial charge in [-0.15, -0.1) is 0 Å². The van der Waals surface area contributed by atoms with E-state index < -0.39 is 11.6 Å². The minimum absolute atomic E-state index is 0.150. The molecule has 0 aromatic carbocycles. The van der Waals surface area contributed by atoms with Crippen molar-refractivity contribution < 1.29 is 4.79 Å². The first-order chi connectivity index (χ1) is 7.52. The molecule has 2 heterocycles. The van der Waals surface area contributed by atoms with Crippen LogP contribution >= 0.6 is 0 Å². The second-order valence-electron chi connectivity index (χ2n) is 3.27. The van der Waals surface area contributed by atoms with E-state index >= 15 is 0 Å². The van der Waals surface area contributed by atoms with Crippen LogP contribution in [0.3, 0.4) is 0 Å². The molecule has 16 heavy (non-hydrogen) atoms. The number of nitrogens with two attached hydrogens (primary N) is 1. The van der Waals surface area contributed by atoms with Gasteiger partial charge in [-0.1, -0.05) is 0 Å². The summed E-state index contributed by atoms with van der Waals surface area (Å²) in [6.07, 6.45) is 1.39. The minimum atomic E-state index is -0.697. The summed E-state index contributed by atoms with van der Waals surface area (Å²) < 4.78 is 1.51. The summed E-state index contributed by atoms with van der Waals surface area (Å²) in [5.74, 6) is 0.150. The zero-order valence-electron chi connectivity index (χ0n) is 8.76. The fourth-order valence-corrected chi connectivity index (χ4v) is 1.41. The molecular weight excluding hydrogens is 212 g/mol. The summed E-state index contributed by atoms with van der Waals surface area (Å²) in [4.78, 5) is 34.1. The Morgan fingerprint density at radius 2 is 2.31 bits per heavy atom. The summed E-state index contributed by atoms with van der Waals surface area (Å²) >= 11 is 0. The van der Waals surface area contributed by atoms with Crippen molar-refractivity contribution >= 4 is 23.1 Å². The van der Waals surface area contributed by atoms with Gasteiger partial charge in [0.05, 0.1) is 6.33 Å². The van der Waals surface area contributed by atoms with Crippen LogP contribution in [0, 0.1) is 0 Å². The fraction of sp³-hybridized carbons (Fsp3) is 0.250. The molecule has 3 N–H and O–H groups in total. The molecule has 0 saturated carbocycles. The van der Waals surface area contributed by atoms with Crippen molar-refractivity contribution in [2.45, 2.75) is 0 Å². The number of aromatic nitrogens is 4.